The van der Waals surface area contributed by atoms with Crippen LogP contribution in [0.2, 0.25) is 0 Å². The summed E-state index contributed by atoms with van der Waals surface area (Å²) in [6, 6.07) is 9.30. The molecule has 0 aliphatic carbocycles. The van der Waals surface area contributed by atoms with E-state index in [0.29, 0.717) is 18.5 Å². The number of hydrogen-bond acceptors (Lipinski definition) is 3. The molecule has 0 saturated carbocycles. The van der Waals surface area contributed by atoms with Gasteiger partial charge in [-0.05, 0) is 43.0 Å². The second-order valence-electron chi connectivity index (χ2n) is 5.49. The van der Waals surface area contributed by atoms with E-state index in [0.717, 1.165) is 11.1 Å². The summed E-state index contributed by atoms with van der Waals surface area (Å²) in [5.74, 6) is 0.142. The Bertz CT molecular complexity index is 575. The summed E-state index contributed by atoms with van der Waals surface area (Å²) in [4.78, 5) is 12.2. The molecule has 1 heterocycles. The van der Waals surface area contributed by atoms with Gasteiger partial charge in [0.15, 0.2) is 0 Å². The lowest BCUT2D eigenvalue weighted by atomic mass is 10.0. The van der Waals surface area contributed by atoms with Gasteiger partial charge in [-0.15, -0.1) is 0 Å². The molecule has 0 bridgehead atoms. The second kappa shape index (κ2) is 7.09. The highest BCUT2D eigenvalue weighted by molar-refractivity contribution is 5.95. The lowest BCUT2D eigenvalue weighted by Gasteiger charge is -2.14. The molecule has 1 amide bonds. The molecule has 0 fully saturated rings. The van der Waals surface area contributed by atoms with E-state index in [1.54, 1.807) is 25.5 Å². The van der Waals surface area contributed by atoms with Crippen LogP contribution in [0.5, 0.6) is 0 Å². The van der Waals surface area contributed by atoms with Crippen molar-refractivity contribution < 1.29 is 14.3 Å². The number of aliphatic hydroxyl groups excluding tert-OH is 1. The van der Waals surface area contributed by atoms with Crippen LogP contribution in [0.4, 0.5) is 0 Å². The molecule has 4 heteroatoms. The Morgan fingerprint density at radius 2 is 2.10 bits per heavy atom. The van der Waals surface area contributed by atoms with Crippen LogP contribution < -0.4 is 5.32 Å². The minimum atomic E-state index is -0.346. The highest BCUT2D eigenvalue weighted by Gasteiger charge is 2.11. The predicted octanol–water partition coefficient (Wildman–Crippen LogP) is 3.08. The van der Waals surface area contributed by atoms with Crippen LogP contribution in [-0.2, 0) is 0 Å². The zero-order chi connectivity index (χ0) is 15.2. The molecule has 21 heavy (non-hydrogen) atoms. The van der Waals surface area contributed by atoms with Gasteiger partial charge >= 0.3 is 0 Å². The zero-order valence-electron chi connectivity index (χ0n) is 12.4. The Morgan fingerprint density at radius 3 is 2.76 bits per heavy atom. The van der Waals surface area contributed by atoms with Crippen LogP contribution in [-0.4, -0.2) is 23.7 Å². The van der Waals surface area contributed by atoms with Gasteiger partial charge < -0.3 is 14.8 Å². The maximum Gasteiger partial charge on any atom is 0.251 e. The third kappa shape index (κ3) is 4.46. The Kier molecular flexibility index (Phi) is 5.17. The number of hydrogen-bond donors (Lipinski definition) is 2. The zero-order valence-corrected chi connectivity index (χ0v) is 12.4. The van der Waals surface area contributed by atoms with E-state index in [1.807, 2.05) is 31.2 Å². The minimum Gasteiger partial charge on any atom is -0.472 e. The summed E-state index contributed by atoms with van der Waals surface area (Å²) in [7, 11) is 0. The van der Waals surface area contributed by atoms with E-state index in [9.17, 15) is 9.90 Å². The lowest BCUT2D eigenvalue weighted by molar-refractivity contribution is 0.0939. The molecule has 2 rings (SSSR count). The molecule has 2 aromatic rings. The number of aliphatic hydroxyl groups is 1. The summed E-state index contributed by atoms with van der Waals surface area (Å²) in [6.07, 6.45) is 3.60. The summed E-state index contributed by atoms with van der Waals surface area (Å²) < 4.78 is 5.06. The SMILES string of the molecule is CC(O)CC(C)CNC(=O)c1cccc(-c2ccoc2)c1. The van der Waals surface area contributed by atoms with Gasteiger partial charge in [-0.1, -0.05) is 19.1 Å². The molecule has 1 aromatic heterocycles. The molecule has 112 valence electrons. The molecule has 0 aliphatic rings. The summed E-state index contributed by atoms with van der Waals surface area (Å²) >= 11 is 0. The lowest BCUT2D eigenvalue weighted by Crippen LogP contribution is -2.29. The topological polar surface area (TPSA) is 62.5 Å². The van der Waals surface area contributed by atoms with Crippen LogP contribution in [0.15, 0.2) is 47.3 Å². The minimum absolute atomic E-state index is 0.0993. The van der Waals surface area contributed by atoms with Crippen molar-refractivity contribution in [2.75, 3.05) is 6.54 Å². The van der Waals surface area contributed by atoms with E-state index < -0.39 is 0 Å². The molecular weight excluding hydrogens is 266 g/mol. The number of nitrogens with one attached hydrogen (secondary N) is 1. The van der Waals surface area contributed by atoms with Gasteiger partial charge in [0.1, 0.15) is 0 Å². The first-order valence-electron chi connectivity index (χ1n) is 7.15. The Labute approximate surface area is 124 Å². The molecule has 2 N–H and O–H groups in total. The fourth-order valence-corrected chi connectivity index (χ4v) is 2.30. The first kappa shape index (κ1) is 15.3. The number of furan rings is 1. The quantitative estimate of drug-likeness (QED) is 0.858. The van der Waals surface area contributed by atoms with Crippen LogP contribution in [0.1, 0.15) is 30.6 Å². The predicted molar refractivity (Wildman–Crippen MR) is 81.9 cm³/mol. The highest BCUT2D eigenvalue weighted by atomic mass is 16.3. The molecule has 2 atom stereocenters. The average molecular weight is 287 g/mol. The molecule has 1 aromatic carbocycles. The standard InChI is InChI=1S/C17H21NO3/c1-12(8-13(2)19)10-18-17(20)15-5-3-4-14(9-15)16-6-7-21-11-16/h3-7,9,11-13,19H,8,10H2,1-2H3,(H,18,20). The van der Waals surface area contributed by atoms with Crippen LogP contribution in [0.25, 0.3) is 11.1 Å². The van der Waals surface area contributed by atoms with Crippen molar-refractivity contribution >= 4 is 5.91 Å². The van der Waals surface area contributed by atoms with Crippen molar-refractivity contribution in [2.45, 2.75) is 26.4 Å². The van der Waals surface area contributed by atoms with Gasteiger partial charge in [0.05, 0.1) is 18.6 Å². The normalized spacial score (nSPS) is 13.7. The summed E-state index contributed by atoms with van der Waals surface area (Å²) in [5.41, 5.74) is 2.53. The first-order chi connectivity index (χ1) is 10.1. The Balaban J connectivity index is 1.98. The summed E-state index contributed by atoms with van der Waals surface area (Å²) in [6.45, 7) is 4.32. The van der Waals surface area contributed by atoms with Crippen molar-refractivity contribution in [3.8, 4) is 11.1 Å². The number of carbonyl (C=O) groups excluding carboxylic acids is 1. The van der Waals surface area contributed by atoms with E-state index in [-0.39, 0.29) is 17.9 Å². The van der Waals surface area contributed by atoms with Crippen molar-refractivity contribution in [3.05, 3.63) is 48.4 Å². The maximum atomic E-state index is 12.2. The monoisotopic (exact) mass is 287 g/mol. The highest BCUT2D eigenvalue weighted by Crippen LogP contribution is 2.20. The molecule has 0 radical (unpaired) electrons. The van der Waals surface area contributed by atoms with Crippen LogP contribution >= 0.6 is 0 Å². The van der Waals surface area contributed by atoms with Gasteiger partial charge in [-0.25, -0.2) is 0 Å². The molecule has 4 nitrogen and oxygen atoms in total. The van der Waals surface area contributed by atoms with Crippen LogP contribution in [0, 0.1) is 5.92 Å². The first-order valence-corrected chi connectivity index (χ1v) is 7.15. The number of benzene rings is 1. The van der Waals surface area contributed by atoms with Gasteiger partial charge in [-0.2, -0.15) is 0 Å². The van der Waals surface area contributed by atoms with E-state index >= 15 is 0 Å². The maximum absolute atomic E-state index is 12.2. The molecular formula is C17H21NO3. The Hall–Kier alpha value is -2.07. The fraction of sp³-hybridized carbons (Fsp3) is 0.353. The van der Waals surface area contributed by atoms with Crippen molar-refractivity contribution in [3.63, 3.8) is 0 Å². The number of amides is 1. The van der Waals surface area contributed by atoms with Gasteiger partial charge in [0.2, 0.25) is 0 Å². The third-order valence-electron chi connectivity index (χ3n) is 3.33. The van der Waals surface area contributed by atoms with Crippen LogP contribution in [0.3, 0.4) is 0 Å². The molecule has 2 unspecified atom stereocenters. The largest absolute Gasteiger partial charge is 0.472 e. The molecule has 0 saturated heterocycles. The van der Waals surface area contributed by atoms with E-state index in [1.165, 1.54) is 0 Å². The number of carbonyl (C=O) groups is 1. The van der Waals surface area contributed by atoms with Crippen molar-refractivity contribution in [1.82, 2.24) is 5.32 Å². The van der Waals surface area contributed by atoms with Crippen molar-refractivity contribution in [1.29, 1.82) is 0 Å². The smallest absolute Gasteiger partial charge is 0.251 e. The van der Waals surface area contributed by atoms with Crippen molar-refractivity contribution in [2.24, 2.45) is 5.92 Å². The van der Waals surface area contributed by atoms with Gasteiger partial charge in [0, 0.05) is 17.7 Å². The molecule has 0 aliphatic heterocycles. The van der Waals surface area contributed by atoms with E-state index in [4.69, 9.17) is 4.42 Å². The fourth-order valence-electron chi connectivity index (χ4n) is 2.30. The van der Waals surface area contributed by atoms with Gasteiger partial charge in [-0.3, -0.25) is 4.79 Å². The van der Waals surface area contributed by atoms with E-state index in [2.05, 4.69) is 5.32 Å². The average Bonchev–Trinajstić information content (AvgIpc) is 2.98. The third-order valence-corrected chi connectivity index (χ3v) is 3.33. The Morgan fingerprint density at radius 1 is 1.29 bits per heavy atom. The molecule has 0 spiro atoms. The summed E-state index contributed by atoms with van der Waals surface area (Å²) in [5, 5.41) is 12.2. The number of rotatable bonds is 6. The second-order valence-corrected chi connectivity index (χ2v) is 5.49. The van der Waals surface area contributed by atoms with Gasteiger partial charge in [0.25, 0.3) is 5.91 Å².